The Morgan fingerprint density at radius 2 is 1.72 bits per heavy atom. The maximum absolute atomic E-state index is 12.5. The van der Waals surface area contributed by atoms with Crippen molar-refractivity contribution in [1.29, 1.82) is 0 Å². The van der Waals surface area contributed by atoms with E-state index >= 15 is 0 Å². The number of halogens is 2. The molecule has 1 aromatic heterocycles. The number of carbonyl (C=O) groups excluding carboxylic acids is 1. The number of hydrogen-bond donors (Lipinski definition) is 1. The fourth-order valence-electron chi connectivity index (χ4n) is 3.09. The van der Waals surface area contributed by atoms with Crippen molar-refractivity contribution in [2.24, 2.45) is 5.10 Å². The highest BCUT2D eigenvalue weighted by atomic mass is 35.5. The van der Waals surface area contributed by atoms with Crippen molar-refractivity contribution in [3.05, 3.63) is 106 Å². The maximum Gasteiger partial charge on any atom is 0.271 e. The summed E-state index contributed by atoms with van der Waals surface area (Å²) in [5.74, 6) is 0.508. The minimum atomic E-state index is -0.276. The average molecular weight is 480 g/mol. The Morgan fingerprint density at radius 1 is 0.969 bits per heavy atom. The van der Waals surface area contributed by atoms with Gasteiger partial charge in [-0.25, -0.2) is 5.43 Å². The number of carbonyl (C=O) groups is 1. The van der Waals surface area contributed by atoms with Gasteiger partial charge in [0.1, 0.15) is 0 Å². The van der Waals surface area contributed by atoms with Gasteiger partial charge in [0.05, 0.1) is 21.3 Å². The zero-order valence-electron chi connectivity index (χ0n) is 17.2. The smallest absolute Gasteiger partial charge is 0.267 e. The normalized spacial score (nSPS) is 11.5. The summed E-state index contributed by atoms with van der Waals surface area (Å²) in [4.78, 5) is 18.1. The quantitative estimate of drug-likeness (QED) is 0.184. The summed E-state index contributed by atoms with van der Waals surface area (Å²) in [7, 11) is 0. The van der Waals surface area contributed by atoms with Crippen LogP contribution in [-0.2, 0) is 5.75 Å². The van der Waals surface area contributed by atoms with Crippen LogP contribution in [0.4, 0.5) is 0 Å². The first-order chi connectivity index (χ1) is 15.5. The van der Waals surface area contributed by atoms with E-state index in [4.69, 9.17) is 23.2 Å². The number of hydrazone groups is 1. The van der Waals surface area contributed by atoms with Gasteiger partial charge in [0.25, 0.3) is 5.91 Å². The lowest BCUT2D eigenvalue weighted by Crippen LogP contribution is -2.19. The van der Waals surface area contributed by atoms with Gasteiger partial charge in [0.2, 0.25) is 0 Å². The monoisotopic (exact) mass is 479 g/mol. The van der Waals surface area contributed by atoms with Gasteiger partial charge < -0.3 is 0 Å². The van der Waals surface area contributed by atoms with E-state index in [1.807, 2.05) is 30.5 Å². The summed E-state index contributed by atoms with van der Waals surface area (Å²) < 4.78 is 0. The first-order valence-electron chi connectivity index (χ1n) is 9.87. The Balaban J connectivity index is 1.38. The molecule has 1 heterocycles. The number of amides is 1. The Kier molecular flexibility index (Phi) is 7.10. The van der Waals surface area contributed by atoms with Crippen molar-refractivity contribution in [2.45, 2.75) is 17.6 Å². The summed E-state index contributed by atoms with van der Waals surface area (Å²) in [6.45, 7) is 1.79. The van der Waals surface area contributed by atoms with Gasteiger partial charge in [-0.15, -0.1) is 11.8 Å². The van der Waals surface area contributed by atoms with Crippen LogP contribution in [0.3, 0.4) is 0 Å². The third-order valence-electron chi connectivity index (χ3n) is 4.87. The zero-order chi connectivity index (χ0) is 22.5. The van der Waals surface area contributed by atoms with Gasteiger partial charge in [-0.05, 0) is 54.4 Å². The second-order valence-corrected chi connectivity index (χ2v) is 8.92. The minimum absolute atomic E-state index is 0.276. The summed E-state index contributed by atoms with van der Waals surface area (Å²) in [5, 5.41) is 6.22. The zero-order valence-corrected chi connectivity index (χ0v) is 19.5. The van der Waals surface area contributed by atoms with E-state index in [9.17, 15) is 4.79 Å². The number of benzene rings is 3. The van der Waals surface area contributed by atoms with Crippen LogP contribution in [0.25, 0.3) is 10.9 Å². The number of nitrogens with one attached hydrogen (secondary N) is 1. The molecule has 0 spiro atoms. The predicted octanol–water partition coefficient (Wildman–Crippen LogP) is 6.99. The van der Waals surface area contributed by atoms with Crippen LogP contribution in [0, 0.1) is 0 Å². The summed E-state index contributed by atoms with van der Waals surface area (Å²) >= 11 is 13.7. The molecule has 32 heavy (non-hydrogen) atoms. The first-order valence-corrected chi connectivity index (χ1v) is 11.6. The standard InChI is InChI=1S/C25H19Cl2N3OS/c1-16(20-11-12-21(26)22(27)14-20)29-30-25(31)19-9-7-17(8-10-19)15-32-23-6-2-4-18-5-3-13-28-24(18)23/h2-14H,15H2,1H3,(H,30,31)/b29-16-. The molecule has 4 nitrogen and oxygen atoms in total. The van der Waals surface area contributed by atoms with Crippen molar-refractivity contribution in [3.63, 3.8) is 0 Å². The molecule has 1 N–H and O–H groups in total. The predicted molar refractivity (Wildman–Crippen MR) is 134 cm³/mol. The van der Waals surface area contributed by atoms with Crippen molar-refractivity contribution in [3.8, 4) is 0 Å². The molecule has 0 bridgehead atoms. The van der Waals surface area contributed by atoms with Crippen LogP contribution < -0.4 is 5.43 Å². The highest BCUT2D eigenvalue weighted by molar-refractivity contribution is 7.98. The Labute approximate surface area is 200 Å². The van der Waals surface area contributed by atoms with E-state index in [1.165, 1.54) is 0 Å². The maximum atomic E-state index is 12.5. The van der Waals surface area contributed by atoms with Crippen LogP contribution in [0.5, 0.6) is 0 Å². The van der Waals surface area contributed by atoms with E-state index in [0.717, 1.165) is 32.7 Å². The first kappa shape index (κ1) is 22.3. The van der Waals surface area contributed by atoms with Crippen LogP contribution in [0.15, 0.2) is 89.0 Å². The van der Waals surface area contributed by atoms with Gasteiger partial charge in [-0.1, -0.05) is 59.6 Å². The molecule has 4 rings (SSSR count). The van der Waals surface area contributed by atoms with Crippen LogP contribution in [0.1, 0.15) is 28.4 Å². The molecular weight excluding hydrogens is 461 g/mol. The molecule has 0 atom stereocenters. The van der Waals surface area contributed by atoms with Gasteiger partial charge >= 0.3 is 0 Å². The molecule has 0 aliphatic heterocycles. The SMILES string of the molecule is C/C(=N/NC(=O)c1ccc(CSc2cccc3cccnc23)cc1)c1ccc(Cl)c(Cl)c1. The second-order valence-electron chi connectivity index (χ2n) is 7.08. The second kappa shape index (κ2) is 10.2. The van der Waals surface area contributed by atoms with Crippen molar-refractivity contribution < 1.29 is 4.79 Å². The fourth-order valence-corrected chi connectivity index (χ4v) is 4.39. The molecule has 3 aromatic carbocycles. The number of aromatic nitrogens is 1. The molecule has 4 aromatic rings. The van der Waals surface area contributed by atoms with Gasteiger partial charge in [-0.2, -0.15) is 5.10 Å². The van der Waals surface area contributed by atoms with Gasteiger partial charge in [0, 0.05) is 27.8 Å². The van der Waals surface area contributed by atoms with E-state index in [1.54, 1.807) is 49.0 Å². The highest BCUT2D eigenvalue weighted by Crippen LogP contribution is 2.29. The topological polar surface area (TPSA) is 54.4 Å². The Morgan fingerprint density at radius 3 is 2.50 bits per heavy atom. The largest absolute Gasteiger partial charge is 0.271 e. The number of para-hydroxylation sites is 1. The van der Waals surface area contributed by atoms with E-state index in [-0.39, 0.29) is 5.91 Å². The third-order valence-corrected chi connectivity index (χ3v) is 6.73. The summed E-state index contributed by atoms with van der Waals surface area (Å²) in [5.41, 5.74) is 6.67. The van der Waals surface area contributed by atoms with Crippen molar-refractivity contribution >= 4 is 57.5 Å². The Bertz CT molecular complexity index is 1300. The highest BCUT2D eigenvalue weighted by Gasteiger charge is 2.08. The molecule has 0 unspecified atom stereocenters. The fraction of sp³-hybridized carbons (Fsp3) is 0.0800. The molecule has 0 radical (unpaired) electrons. The molecule has 160 valence electrons. The van der Waals surface area contributed by atoms with E-state index < -0.39 is 0 Å². The summed E-state index contributed by atoms with van der Waals surface area (Å²) in [6.07, 6.45) is 1.81. The molecular formula is C25H19Cl2N3OS. The number of fused-ring (bicyclic) bond motifs is 1. The lowest BCUT2D eigenvalue weighted by atomic mass is 10.1. The molecule has 1 amide bonds. The average Bonchev–Trinajstić information content (AvgIpc) is 2.83. The number of thioether (sulfide) groups is 1. The number of pyridine rings is 1. The number of nitrogens with zero attached hydrogens (tertiary/aromatic N) is 2. The van der Waals surface area contributed by atoms with Gasteiger partial charge in [0.15, 0.2) is 0 Å². The molecule has 0 aliphatic carbocycles. The number of hydrogen-bond acceptors (Lipinski definition) is 4. The third kappa shape index (κ3) is 5.30. The van der Waals surface area contributed by atoms with E-state index in [0.29, 0.717) is 21.3 Å². The summed E-state index contributed by atoms with van der Waals surface area (Å²) in [6, 6.07) is 22.9. The molecule has 7 heteroatoms. The van der Waals surface area contributed by atoms with Crippen LogP contribution in [0.2, 0.25) is 10.0 Å². The van der Waals surface area contributed by atoms with Crippen LogP contribution in [-0.4, -0.2) is 16.6 Å². The van der Waals surface area contributed by atoms with E-state index in [2.05, 4.69) is 33.7 Å². The lowest BCUT2D eigenvalue weighted by Gasteiger charge is -2.07. The van der Waals surface area contributed by atoms with Gasteiger partial charge in [-0.3, -0.25) is 9.78 Å². The lowest BCUT2D eigenvalue weighted by molar-refractivity contribution is 0.0955. The Hall–Kier alpha value is -2.86. The molecule has 0 fully saturated rings. The van der Waals surface area contributed by atoms with Crippen LogP contribution >= 0.6 is 35.0 Å². The molecule has 0 aliphatic rings. The molecule has 0 saturated carbocycles. The molecule has 0 saturated heterocycles. The number of rotatable bonds is 6. The van der Waals surface area contributed by atoms with Crippen molar-refractivity contribution in [2.75, 3.05) is 0 Å². The minimum Gasteiger partial charge on any atom is -0.267 e. The van der Waals surface area contributed by atoms with Crippen molar-refractivity contribution in [1.82, 2.24) is 10.4 Å².